The number of nitrogens with zero attached hydrogens (tertiary/aromatic N) is 3. The van der Waals surface area contributed by atoms with Crippen LogP contribution in [0, 0.1) is 0 Å². The van der Waals surface area contributed by atoms with Crippen LogP contribution >= 0.6 is 11.3 Å². The first-order valence-corrected chi connectivity index (χ1v) is 11.3. The van der Waals surface area contributed by atoms with Crippen LogP contribution in [0.15, 0.2) is 59.2 Å². The number of thiazole rings is 1. The quantitative estimate of drug-likeness (QED) is 0.595. The van der Waals surface area contributed by atoms with Crippen LogP contribution in [0.5, 0.6) is 0 Å². The zero-order valence-corrected chi connectivity index (χ0v) is 17.0. The van der Waals surface area contributed by atoms with Crippen molar-refractivity contribution in [3.05, 3.63) is 65.4 Å². The summed E-state index contributed by atoms with van der Waals surface area (Å²) < 4.78 is 27.6. The molecular weight excluding hydrogens is 410 g/mol. The molecular formula is C19H21N5O3S2. The molecule has 2 aromatic heterocycles. The van der Waals surface area contributed by atoms with Crippen molar-refractivity contribution in [2.75, 3.05) is 22.7 Å². The van der Waals surface area contributed by atoms with Crippen molar-refractivity contribution in [1.82, 2.24) is 15.3 Å². The third-order valence-corrected chi connectivity index (χ3v) is 6.72. The Labute approximate surface area is 174 Å². The third-order valence-electron chi connectivity index (χ3n) is 4.57. The van der Waals surface area contributed by atoms with E-state index in [1.165, 1.54) is 23.6 Å². The van der Waals surface area contributed by atoms with Crippen LogP contribution in [-0.4, -0.2) is 37.4 Å². The fraction of sp³-hybridized carbons (Fsp3) is 0.211. The van der Waals surface area contributed by atoms with Crippen molar-refractivity contribution in [2.45, 2.75) is 17.9 Å². The number of anilines is 2. The zero-order valence-electron chi connectivity index (χ0n) is 15.4. The largest absolute Gasteiger partial charge is 0.311 e. The Morgan fingerprint density at radius 1 is 1.21 bits per heavy atom. The number of amides is 1. The Hall–Kier alpha value is -2.82. The Morgan fingerprint density at radius 3 is 2.79 bits per heavy atom. The second kappa shape index (κ2) is 8.27. The summed E-state index contributed by atoms with van der Waals surface area (Å²) in [7, 11) is -3.71. The van der Waals surface area contributed by atoms with Gasteiger partial charge in [-0.3, -0.25) is 14.5 Å². The number of pyridine rings is 1. The Morgan fingerprint density at radius 2 is 2.03 bits per heavy atom. The van der Waals surface area contributed by atoms with E-state index in [1.807, 2.05) is 12.1 Å². The molecule has 1 aromatic carbocycles. The van der Waals surface area contributed by atoms with Gasteiger partial charge in [-0.2, -0.15) is 0 Å². The summed E-state index contributed by atoms with van der Waals surface area (Å²) in [5.74, 6) is -0.0469. The molecule has 2 N–H and O–H groups in total. The van der Waals surface area contributed by atoms with Gasteiger partial charge in [-0.05, 0) is 47.9 Å². The van der Waals surface area contributed by atoms with Crippen LogP contribution < -0.4 is 14.9 Å². The monoisotopic (exact) mass is 431 g/mol. The maximum Gasteiger partial charge on any atom is 0.263 e. The number of aromatic nitrogens is 2. The molecule has 3 heterocycles. The van der Waals surface area contributed by atoms with Crippen LogP contribution in [0.4, 0.5) is 10.8 Å². The number of hydrogen-bond acceptors (Lipinski definition) is 7. The first-order chi connectivity index (χ1) is 14.0. The molecule has 152 valence electrons. The minimum atomic E-state index is -3.71. The van der Waals surface area contributed by atoms with Gasteiger partial charge in [0.05, 0.1) is 11.4 Å². The van der Waals surface area contributed by atoms with Crippen molar-refractivity contribution >= 4 is 38.1 Å². The van der Waals surface area contributed by atoms with Crippen molar-refractivity contribution in [3.63, 3.8) is 0 Å². The van der Waals surface area contributed by atoms with Crippen LogP contribution in [0.3, 0.4) is 0 Å². The predicted molar refractivity (Wildman–Crippen MR) is 113 cm³/mol. The van der Waals surface area contributed by atoms with Gasteiger partial charge in [0.1, 0.15) is 0 Å². The molecule has 0 spiro atoms. The maximum absolute atomic E-state index is 12.6. The summed E-state index contributed by atoms with van der Waals surface area (Å²) in [6.45, 7) is 1.32. The molecule has 4 rings (SSSR count). The lowest BCUT2D eigenvalue weighted by Gasteiger charge is -2.18. The number of benzene rings is 1. The van der Waals surface area contributed by atoms with E-state index in [-0.39, 0.29) is 18.8 Å². The smallest absolute Gasteiger partial charge is 0.263 e. The highest BCUT2D eigenvalue weighted by Crippen LogP contribution is 2.31. The second-order valence-electron chi connectivity index (χ2n) is 6.49. The Bertz CT molecular complexity index is 1110. The van der Waals surface area contributed by atoms with Gasteiger partial charge in [-0.15, -0.1) is 11.3 Å². The fourth-order valence-corrected chi connectivity index (χ4v) is 5.00. The normalized spacial score (nSPS) is 13.3. The molecule has 29 heavy (non-hydrogen) atoms. The van der Waals surface area contributed by atoms with E-state index in [0.717, 1.165) is 16.8 Å². The average Bonchev–Trinajstić information content (AvgIpc) is 3.37. The number of carbonyl (C=O) groups excluding carboxylic acids is 1. The highest BCUT2D eigenvalue weighted by molar-refractivity contribution is 7.93. The van der Waals surface area contributed by atoms with Crippen molar-refractivity contribution in [1.29, 1.82) is 0 Å². The SMILES string of the molecule is O=C(CNCc1ccncc1)N1CCc2cc(S(=O)(=O)Nc3nccs3)ccc21.[HH]. The van der Waals surface area contributed by atoms with E-state index < -0.39 is 10.0 Å². The molecule has 8 nitrogen and oxygen atoms in total. The lowest BCUT2D eigenvalue weighted by molar-refractivity contribution is -0.117. The molecule has 0 unspecified atom stereocenters. The number of nitrogens with one attached hydrogen (secondary N) is 2. The Balaban J connectivity index is 0.00000256. The highest BCUT2D eigenvalue weighted by atomic mass is 32.2. The van der Waals surface area contributed by atoms with Gasteiger partial charge in [0.25, 0.3) is 10.0 Å². The first kappa shape index (κ1) is 19.5. The highest BCUT2D eigenvalue weighted by Gasteiger charge is 2.26. The van der Waals surface area contributed by atoms with E-state index in [9.17, 15) is 13.2 Å². The van der Waals surface area contributed by atoms with Crippen molar-refractivity contribution in [3.8, 4) is 0 Å². The van der Waals surface area contributed by atoms with E-state index >= 15 is 0 Å². The minimum Gasteiger partial charge on any atom is -0.311 e. The van der Waals surface area contributed by atoms with Crippen molar-refractivity contribution < 1.29 is 14.6 Å². The maximum atomic E-state index is 12.6. The summed E-state index contributed by atoms with van der Waals surface area (Å²) >= 11 is 1.22. The molecule has 0 atom stereocenters. The van der Waals surface area contributed by atoms with Gasteiger partial charge >= 0.3 is 0 Å². The molecule has 1 amide bonds. The molecule has 0 saturated carbocycles. The minimum absolute atomic E-state index is 0. The van der Waals surface area contributed by atoms with E-state index in [2.05, 4.69) is 20.0 Å². The number of hydrogen-bond donors (Lipinski definition) is 2. The molecule has 0 radical (unpaired) electrons. The lowest BCUT2D eigenvalue weighted by Crippen LogP contribution is -2.37. The zero-order chi connectivity index (χ0) is 20.3. The first-order valence-electron chi connectivity index (χ1n) is 8.98. The number of carbonyl (C=O) groups is 1. The van der Waals surface area contributed by atoms with E-state index in [1.54, 1.807) is 34.8 Å². The summed E-state index contributed by atoms with van der Waals surface area (Å²) in [4.78, 5) is 22.4. The third kappa shape index (κ3) is 4.44. The van der Waals surface area contributed by atoms with Crippen molar-refractivity contribution in [2.24, 2.45) is 0 Å². The van der Waals surface area contributed by atoms with Gasteiger partial charge in [-0.1, -0.05) is 0 Å². The molecule has 0 saturated heterocycles. The van der Waals surface area contributed by atoms with Gasteiger partial charge in [0.2, 0.25) is 5.91 Å². The summed E-state index contributed by atoms with van der Waals surface area (Å²) in [5, 5.41) is 5.16. The number of rotatable bonds is 7. The van der Waals surface area contributed by atoms with E-state index in [4.69, 9.17) is 0 Å². The molecule has 1 aliphatic heterocycles. The summed E-state index contributed by atoms with van der Waals surface area (Å²) in [6, 6.07) is 8.63. The molecule has 1 aliphatic rings. The average molecular weight is 432 g/mol. The van der Waals surface area contributed by atoms with Gasteiger partial charge in [0.15, 0.2) is 5.13 Å². The Kier molecular flexibility index (Phi) is 5.56. The van der Waals surface area contributed by atoms with E-state index in [0.29, 0.717) is 24.6 Å². The molecule has 0 aliphatic carbocycles. The van der Waals surface area contributed by atoms with Gasteiger partial charge < -0.3 is 10.2 Å². The molecule has 0 fully saturated rings. The fourth-order valence-electron chi connectivity index (χ4n) is 3.16. The topological polar surface area (TPSA) is 104 Å². The van der Waals surface area contributed by atoms with Crippen LogP contribution in [-0.2, 0) is 27.8 Å². The lowest BCUT2D eigenvalue weighted by atomic mass is 10.2. The molecule has 3 aromatic rings. The summed E-state index contributed by atoms with van der Waals surface area (Å²) in [5.41, 5.74) is 2.65. The summed E-state index contributed by atoms with van der Waals surface area (Å²) in [6.07, 6.45) is 5.58. The number of sulfonamides is 1. The van der Waals surface area contributed by atoms with Gasteiger partial charge in [0, 0.05) is 44.2 Å². The van der Waals surface area contributed by atoms with Crippen LogP contribution in [0.25, 0.3) is 0 Å². The molecule has 0 bridgehead atoms. The molecule has 10 heteroatoms. The predicted octanol–water partition coefficient (Wildman–Crippen LogP) is 2.26. The van der Waals surface area contributed by atoms with Crippen LogP contribution in [0.1, 0.15) is 12.6 Å². The second-order valence-corrected chi connectivity index (χ2v) is 9.06. The van der Waals surface area contributed by atoms with Crippen LogP contribution in [0.2, 0.25) is 0 Å². The standard InChI is InChI=1S/C19H19N5O3S2.H2/c25-18(13-21-12-14-3-6-20-7-4-14)24-9-5-15-11-16(1-2-17(15)24)29(26,27)23-19-22-8-10-28-19;/h1-4,6-8,10-11,21H,5,9,12-13H2,(H,22,23);1H. The van der Waals surface area contributed by atoms with Gasteiger partial charge in [-0.25, -0.2) is 13.4 Å². The number of fused-ring (bicyclic) bond motifs is 1.